The highest BCUT2D eigenvalue weighted by Gasteiger charge is 2.61. The number of carbonyl (C=O) groups is 2. The lowest BCUT2D eigenvalue weighted by molar-refractivity contribution is -0.542. The number of rotatable bonds is 15. The first kappa shape index (κ1) is 25.6. The monoisotopic (exact) mass is 421 g/mol. The second kappa shape index (κ2) is 13.7. The molecule has 0 saturated carbocycles. The quantitative estimate of drug-likeness (QED) is 0.134. The van der Waals surface area contributed by atoms with Gasteiger partial charge in [0.15, 0.2) is 0 Å². The third-order valence-electron chi connectivity index (χ3n) is 5.16. The number of hydrogen-bond acceptors (Lipinski definition) is 6. The van der Waals surface area contributed by atoms with Crippen LogP contribution in [0.1, 0.15) is 76.8 Å². The van der Waals surface area contributed by atoms with E-state index in [0.29, 0.717) is 0 Å². The van der Waals surface area contributed by atoms with E-state index in [9.17, 15) is 19.7 Å². The van der Waals surface area contributed by atoms with Crippen LogP contribution in [-0.4, -0.2) is 35.6 Å². The van der Waals surface area contributed by atoms with Gasteiger partial charge in [0.05, 0.1) is 18.1 Å². The molecule has 0 bridgehead atoms. The van der Waals surface area contributed by atoms with Gasteiger partial charge in [0, 0.05) is 6.42 Å². The summed E-state index contributed by atoms with van der Waals surface area (Å²) in [6.07, 6.45) is 8.31. The summed E-state index contributed by atoms with van der Waals surface area (Å²) in [5.74, 6) is -2.35. The number of nitrogens with zero attached hydrogens (tertiary/aromatic N) is 1. The van der Waals surface area contributed by atoms with Crippen molar-refractivity contribution in [3.63, 3.8) is 0 Å². The number of esters is 2. The number of unbranched alkanes of at least 4 members (excludes halogenated alkanes) is 5. The molecule has 30 heavy (non-hydrogen) atoms. The normalized spacial score (nSPS) is 11.2. The Balaban J connectivity index is 2.75. The molecule has 7 heteroatoms. The molecule has 168 valence electrons. The minimum absolute atomic E-state index is 0.0546. The summed E-state index contributed by atoms with van der Waals surface area (Å²) in [5, 5.41) is 11.7. The van der Waals surface area contributed by atoms with Crippen LogP contribution in [0.15, 0.2) is 24.3 Å². The van der Waals surface area contributed by atoms with Gasteiger partial charge >= 0.3 is 17.5 Å². The average molecular weight is 422 g/mol. The van der Waals surface area contributed by atoms with E-state index in [-0.39, 0.29) is 26.1 Å². The van der Waals surface area contributed by atoms with Crippen molar-refractivity contribution in [2.24, 2.45) is 0 Å². The molecular weight excluding hydrogens is 386 g/mol. The molecule has 0 heterocycles. The molecule has 1 aromatic rings. The largest absolute Gasteiger partial charge is 0.460 e. The molecule has 0 N–H and O–H groups in total. The van der Waals surface area contributed by atoms with Crippen LogP contribution in [0.3, 0.4) is 0 Å². The molecule has 0 fully saturated rings. The van der Waals surface area contributed by atoms with Crippen molar-refractivity contribution in [1.82, 2.24) is 0 Å². The molecule has 0 atom stereocenters. The number of benzene rings is 1. The minimum atomic E-state index is -2.54. The van der Waals surface area contributed by atoms with Crippen molar-refractivity contribution in [3.8, 4) is 0 Å². The van der Waals surface area contributed by atoms with Gasteiger partial charge in [-0.2, -0.15) is 0 Å². The highest BCUT2D eigenvalue weighted by Crippen LogP contribution is 2.23. The van der Waals surface area contributed by atoms with Crippen molar-refractivity contribution >= 4 is 11.9 Å². The zero-order chi connectivity index (χ0) is 22.4. The number of carbonyl (C=O) groups excluding carboxylic acids is 2. The number of nitro groups is 1. The average Bonchev–Trinajstić information content (AvgIpc) is 2.72. The fourth-order valence-corrected chi connectivity index (χ4v) is 3.34. The molecule has 0 amide bonds. The van der Waals surface area contributed by atoms with Gasteiger partial charge in [-0.15, -0.1) is 0 Å². The minimum Gasteiger partial charge on any atom is -0.460 e. The highest BCUT2D eigenvalue weighted by atomic mass is 16.7. The van der Waals surface area contributed by atoms with Crippen LogP contribution in [-0.2, 0) is 31.9 Å². The van der Waals surface area contributed by atoms with Crippen LogP contribution in [0.2, 0.25) is 0 Å². The Morgan fingerprint density at radius 1 is 0.833 bits per heavy atom. The third kappa shape index (κ3) is 7.43. The van der Waals surface area contributed by atoms with E-state index in [4.69, 9.17) is 9.47 Å². The molecule has 7 nitrogen and oxygen atoms in total. The van der Waals surface area contributed by atoms with Gasteiger partial charge < -0.3 is 9.47 Å². The Morgan fingerprint density at radius 3 is 1.77 bits per heavy atom. The van der Waals surface area contributed by atoms with E-state index in [0.717, 1.165) is 18.4 Å². The maximum Gasteiger partial charge on any atom is 0.410 e. The Morgan fingerprint density at radius 2 is 1.30 bits per heavy atom. The summed E-state index contributed by atoms with van der Waals surface area (Å²) in [6.45, 7) is 5.17. The fraction of sp³-hybridized carbons (Fsp3) is 0.652. The first-order chi connectivity index (χ1) is 14.4. The smallest absolute Gasteiger partial charge is 0.410 e. The van der Waals surface area contributed by atoms with Crippen molar-refractivity contribution in [2.45, 2.75) is 84.1 Å². The standard InChI is InChI=1S/C23H35NO6/c1-4-7-8-9-10-11-12-19-13-15-20(16-14-19)17-18-23(24(27)28,21(25)29-5-2)22(26)30-6-3/h13-16H,4-12,17-18H2,1-3H3. The van der Waals surface area contributed by atoms with Crippen LogP contribution in [0.4, 0.5) is 0 Å². The van der Waals surface area contributed by atoms with Crippen LogP contribution in [0.5, 0.6) is 0 Å². The van der Waals surface area contributed by atoms with Gasteiger partial charge in [-0.05, 0) is 44.2 Å². The lowest BCUT2D eigenvalue weighted by Gasteiger charge is -2.21. The van der Waals surface area contributed by atoms with Gasteiger partial charge in [0.2, 0.25) is 0 Å². The van der Waals surface area contributed by atoms with Crippen LogP contribution in [0.25, 0.3) is 0 Å². The van der Waals surface area contributed by atoms with Crippen molar-refractivity contribution in [2.75, 3.05) is 13.2 Å². The molecule has 0 saturated heterocycles. The van der Waals surface area contributed by atoms with Crippen LogP contribution >= 0.6 is 0 Å². The molecule has 0 aliphatic carbocycles. The van der Waals surface area contributed by atoms with E-state index in [1.807, 2.05) is 24.3 Å². The molecule has 1 rings (SSSR count). The molecule has 0 aromatic heterocycles. The molecule has 0 aliphatic rings. The summed E-state index contributed by atoms with van der Waals surface area (Å²) in [4.78, 5) is 35.6. The maximum absolute atomic E-state index is 12.3. The van der Waals surface area contributed by atoms with E-state index in [2.05, 4.69) is 6.92 Å². The topological polar surface area (TPSA) is 95.7 Å². The first-order valence-electron chi connectivity index (χ1n) is 11.0. The number of hydrogen-bond donors (Lipinski definition) is 0. The Kier molecular flexibility index (Phi) is 11.7. The van der Waals surface area contributed by atoms with Gasteiger partial charge in [0.1, 0.15) is 0 Å². The predicted octanol–water partition coefficient (Wildman–Crippen LogP) is 4.66. The number of ether oxygens (including phenoxy) is 2. The zero-order valence-corrected chi connectivity index (χ0v) is 18.5. The van der Waals surface area contributed by atoms with Gasteiger partial charge in [-0.3, -0.25) is 10.1 Å². The van der Waals surface area contributed by atoms with Crippen LogP contribution < -0.4 is 0 Å². The second-order valence-electron chi connectivity index (χ2n) is 7.39. The van der Waals surface area contributed by atoms with E-state index in [1.54, 1.807) is 0 Å². The molecule has 0 spiro atoms. The molecule has 0 radical (unpaired) electrons. The van der Waals surface area contributed by atoms with Gasteiger partial charge in [-0.1, -0.05) is 63.3 Å². The Hall–Kier alpha value is -2.44. The molecule has 0 unspecified atom stereocenters. The number of aryl methyl sites for hydroxylation is 2. The molecule has 0 aliphatic heterocycles. The summed E-state index contributed by atoms with van der Waals surface area (Å²) in [6, 6.07) is 7.80. The Labute approximate surface area is 179 Å². The van der Waals surface area contributed by atoms with Crippen molar-refractivity contribution in [1.29, 1.82) is 0 Å². The first-order valence-corrected chi connectivity index (χ1v) is 11.0. The summed E-state index contributed by atoms with van der Waals surface area (Å²) in [5.41, 5.74) is -0.504. The highest BCUT2D eigenvalue weighted by molar-refractivity contribution is 6.03. The predicted molar refractivity (Wildman–Crippen MR) is 115 cm³/mol. The lowest BCUT2D eigenvalue weighted by atomic mass is 9.91. The van der Waals surface area contributed by atoms with Crippen LogP contribution in [0, 0.1) is 10.1 Å². The second-order valence-corrected chi connectivity index (χ2v) is 7.39. The van der Waals surface area contributed by atoms with E-state index < -0.39 is 22.4 Å². The summed E-state index contributed by atoms with van der Waals surface area (Å²) < 4.78 is 9.68. The van der Waals surface area contributed by atoms with Gasteiger partial charge in [-0.25, -0.2) is 9.59 Å². The molecule has 1 aromatic carbocycles. The summed E-state index contributed by atoms with van der Waals surface area (Å²) >= 11 is 0. The summed E-state index contributed by atoms with van der Waals surface area (Å²) in [7, 11) is 0. The van der Waals surface area contributed by atoms with Crippen molar-refractivity contribution in [3.05, 3.63) is 45.5 Å². The maximum atomic E-state index is 12.3. The zero-order valence-electron chi connectivity index (χ0n) is 18.5. The van der Waals surface area contributed by atoms with E-state index >= 15 is 0 Å². The Bertz CT molecular complexity index is 653. The third-order valence-corrected chi connectivity index (χ3v) is 5.16. The van der Waals surface area contributed by atoms with E-state index in [1.165, 1.54) is 51.5 Å². The lowest BCUT2D eigenvalue weighted by Crippen LogP contribution is -2.55. The van der Waals surface area contributed by atoms with Crippen molar-refractivity contribution < 1.29 is 24.0 Å². The molecular formula is C23H35NO6. The fourth-order valence-electron chi connectivity index (χ4n) is 3.34. The SMILES string of the molecule is CCCCCCCCc1ccc(CCC(C(=O)OCC)(C(=O)OCC)[N+](=O)[O-])cc1. The van der Waals surface area contributed by atoms with Gasteiger partial charge in [0.25, 0.3) is 0 Å².